The van der Waals surface area contributed by atoms with E-state index in [1.54, 1.807) is 5.57 Å². The van der Waals surface area contributed by atoms with Gasteiger partial charge in [0.25, 0.3) is 0 Å². The van der Waals surface area contributed by atoms with Crippen LogP contribution in [0.15, 0.2) is 64.4 Å². The summed E-state index contributed by atoms with van der Waals surface area (Å²) in [6, 6.07) is 0. The predicted octanol–water partition coefficient (Wildman–Crippen LogP) is 7.07. The summed E-state index contributed by atoms with van der Waals surface area (Å²) in [6.07, 6.45) is 16.8. The van der Waals surface area contributed by atoms with Crippen LogP contribution in [0.4, 0.5) is 0 Å². The van der Waals surface area contributed by atoms with Crippen molar-refractivity contribution >= 4 is 5.71 Å². The summed E-state index contributed by atoms with van der Waals surface area (Å²) >= 11 is 0. The second kappa shape index (κ2) is 11.4. The van der Waals surface area contributed by atoms with Gasteiger partial charge in [-0.15, -0.1) is 0 Å². The van der Waals surface area contributed by atoms with E-state index in [1.807, 2.05) is 6.92 Å². The lowest BCUT2D eigenvalue weighted by atomic mass is 9.62. The Morgan fingerprint density at radius 3 is 2.74 bits per heavy atom. The number of hydrogen-bond donors (Lipinski definition) is 2. The van der Waals surface area contributed by atoms with Gasteiger partial charge in [0.1, 0.15) is 6.61 Å². The molecule has 0 amide bonds. The third kappa shape index (κ3) is 6.46. The molecule has 2 fully saturated rings. The molecule has 0 aromatic carbocycles. The molecule has 0 heterocycles. The molecule has 0 radical (unpaired) electrons. The van der Waals surface area contributed by atoms with Gasteiger partial charge >= 0.3 is 0 Å². The molecule has 194 valence electrons. The molecule has 2 N–H and O–H groups in total. The summed E-state index contributed by atoms with van der Waals surface area (Å²) in [7, 11) is 0. The van der Waals surface area contributed by atoms with Crippen molar-refractivity contribution in [1.82, 2.24) is 0 Å². The minimum Gasteiger partial charge on any atom is -0.396 e. The normalized spacial score (nSPS) is 33.4. The number of allylic oxidation sites excluding steroid dienone is 7. The highest BCUT2D eigenvalue weighted by molar-refractivity contribution is 5.98. The van der Waals surface area contributed by atoms with Crippen molar-refractivity contribution in [3.63, 3.8) is 0 Å². The van der Waals surface area contributed by atoms with Crippen molar-refractivity contribution in [2.75, 3.05) is 6.61 Å². The van der Waals surface area contributed by atoms with Crippen LogP contribution >= 0.6 is 0 Å². The van der Waals surface area contributed by atoms with Gasteiger partial charge in [0, 0.05) is 11.8 Å². The summed E-state index contributed by atoms with van der Waals surface area (Å²) in [4.78, 5) is 5.34. The number of aliphatic hydroxyl groups is 2. The third-order valence-corrected chi connectivity index (χ3v) is 8.23. The van der Waals surface area contributed by atoms with E-state index in [2.05, 4.69) is 76.7 Å². The van der Waals surface area contributed by atoms with Crippen LogP contribution in [-0.2, 0) is 4.84 Å². The fraction of sp³-hybridized carbons (Fsp3) is 0.645. The molecule has 0 aliphatic heterocycles. The van der Waals surface area contributed by atoms with Gasteiger partial charge in [-0.3, -0.25) is 0 Å². The lowest BCUT2D eigenvalue weighted by Gasteiger charge is -2.42. The molecular formula is C31H47NO3. The zero-order valence-electron chi connectivity index (χ0n) is 22.8. The van der Waals surface area contributed by atoms with Crippen LogP contribution in [0.5, 0.6) is 0 Å². The highest BCUT2D eigenvalue weighted by atomic mass is 16.6. The molecular weight excluding hydrogens is 434 g/mol. The van der Waals surface area contributed by atoms with E-state index in [0.29, 0.717) is 31.3 Å². The van der Waals surface area contributed by atoms with Crippen molar-refractivity contribution < 1.29 is 15.1 Å². The minimum absolute atomic E-state index is 0.0497. The van der Waals surface area contributed by atoms with Gasteiger partial charge in [-0.05, 0) is 79.9 Å². The molecule has 0 saturated heterocycles. The van der Waals surface area contributed by atoms with Crippen molar-refractivity contribution in [1.29, 1.82) is 0 Å². The van der Waals surface area contributed by atoms with E-state index in [-0.39, 0.29) is 10.8 Å². The van der Waals surface area contributed by atoms with Crippen molar-refractivity contribution in [2.45, 2.75) is 98.7 Å². The highest BCUT2D eigenvalue weighted by Gasteiger charge is 2.45. The Bertz CT molecular complexity index is 929. The van der Waals surface area contributed by atoms with E-state index in [9.17, 15) is 10.2 Å². The SMILES string of the molecule is C=C1/C(=C\C=C2/CCC[C@]3(C)C([C@@H](C)C/C=C/C(=N/OCC)C(C)(C)C)=CC[C@@H]23)C[C@@H](O)C[C@@H]1O. The number of hydrogen-bond acceptors (Lipinski definition) is 4. The van der Waals surface area contributed by atoms with Gasteiger partial charge in [0.15, 0.2) is 0 Å². The maximum Gasteiger partial charge on any atom is 0.114 e. The van der Waals surface area contributed by atoms with E-state index >= 15 is 0 Å². The number of rotatable bonds is 7. The Hall–Kier alpha value is -1.91. The van der Waals surface area contributed by atoms with Gasteiger partial charge in [0.2, 0.25) is 0 Å². The van der Waals surface area contributed by atoms with Crippen LogP contribution < -0.4 is 0 Å². The maximum atomic E-state index is 10.2. The first-order chi connectivity index (χ1) is 16.5. The molecule has 0 unspecified atom stereocenters. The van der Waals surface area contributed by atoms with E-state index in [1.165, 1.54) is 18.4 Å². The molecule has 4 heteroatoms. The first kappa shape index (κ1) is 27.7. The first-order valence-electron chi connectivity index (χ1n) is 13.5. The summed E-state index contributed by atoms with van der Waals surface area (Å²) in [5, 5.41) is 24.6. The zero-order valence-corrected chi connectivity index (χ0v) is 22.8. The van der Waals surface area contributed by atoms with Crippen LogP contribution in [0.3, 0.4) is 0 Å². The Kier molecular flexibility index (Phi) is 9.04. The van der Waals surface area contributed by atoms with Crippen LogP contribution in [0.2, 0.25) is 0 Å². The molecule has 3 aliphatic rings. The topological polar surface area (TPSA) is 62.0 Å². The Morgan fingerprint density at radius 1 is 1.31 bits per heavy atom. The smallest absolute Gasteiger partial charge is 0.114 e. The average Bonchev–Trinajstić information content (AvgIpc) is 3.14. The Labute approximate surface area is 213 Å². The number of fused-ring (bicyclic) bond motifs is 1. The first-order valence-corrected chi connectivity index (χ1v) is 13.5. The van der Waals surface area contributed by atoms with E-state index in [0.717, 1.165) is 36.1 Å². The molecule has 3 aliphatic carbocycles. The quantitative estimate of drug-likeness (QED) is 0.232. The molecule has 0 aromatic heterocycles. The standard InChI is InChI=1S/C31H47NO3/c1-8-35-32-29(30(4,5)6)13-9-11-21(2)26-16-17-27-23(12-10-18-31(26,27)7)14-15-24-19-25(33)20-28(34)22(24)3/h9,13-16,21,25,27-28,33-34H,3,8,10-12,17-20H2,1-2,4-7H3/b13-9+,23-14+,24-15-,32-29-/t21-,25+,27-,28-,31+/m0/s1. The number of aliphatic hydroxyl groups excluding tert-OH is 2. The number of oxime groups is 1. The molecule has 2 saturated carbocycles. The molecule has 5 atom stereocenters. The van der Waals surface area contributed by atoms with Gasteiger partial charge in [-0.25, -0.2) is 0 Å². The average molecular weight is 482 g/mol. The maximum absolute atomic E-state index is 10.2. The van der Waals surface area contributed by atoms with Crippen LogP contribution in [0.1, 0.15) is 86.5 Å². The molecule has 0 spiro atoms. The largest absolute Gasteiger partial charge is 0.396 e. The molecule has 0 aromatic rings. The summed E-state index contributed by atoms with van der Waals surface area (Å²) in [5.41, 5.74) is 5.98. The predicted molar refractivity (Wildman–Crippen MR) is 146 cm³/mol. The van der Waals surface area contributed by atoms with E-state index < -0.39 is 12.2 Å². The second-order valence-electron chi connectivity index (χ2n) is 12.0. The van der Waals surface area contributed by atoms with E-state index in [4.69, 9.17) is 4.84 Å². The monoisotopic (exact) mass is 481 g/mol. The highest BCUT2D eigenvalue weighted by Crippen LogP contribution is 2.57. The van der Waals surface area contributed by atoms with Gasteiger partial charge < -0.3 is 15.1 Å². The van der Waals surface area contributed by atoms with Crippen LogP contribution in [-0.4, -0.2) is 34.7 Å². The van der Waals surface area contributed by atoms with Crippen molar-refractivity contribution in [3.8, 4) is 0 Å². The van der Waals surface area contributed by atoms with Crippen LogP contribution in [0.25, 0.3) is 0 Å². The molecule has 4 nitrogen and oxygen atoms in total. The van der Waals surface area contributed by atoms with Crippen LogP contribution in [0, 0.1) is 22.7 Å². The lowest BCUT2D eigenvalue weighted by molar-refractivity contribution is 0.0862. The number of nitrogens with zero attached hydrogens (tertiary/aromatic N) is 1. The van der Waals surface area contributed by atoms with Gasteiger partial charge in [0.05, 0.1) is 17.9 Å². The molecule has 35 heavy (non-hydrogen) atoms. The molecule has 3 rings (SSSR count). The van der Waals surface area contributed by atoms with Crippen molar-refractivity contribution in [3.05, 3.63) is 59.3 Å². The molecule has 0 bridgehead atoms. The zero-order chi connectivity index (χ0) is 25.8. The Morgan fingerprint density at radius 2 is 2.06 bits per heavy atom. The summed E-state index contributed by atoms with van der Waals surface area (Å²) in [5.74, 6) is 1.02. The minimum atomic E-state index is -0.633. The third-order valence-electron chi connectivity index (χ3n) is 8.23. The fourth-order valence-corrected chi connectivity index (χ4v) is 6.14. The second-order valence-corrected chi connectivity index (χ2v) is 12.0. The summed E-state index contributed by atoms with van der Waals surface area (Å²) < 4.78 is 0. The fourth-order valence-electron chi connectivity index (χ4n) is 6.14. The Balaban J connectivity index is 1.72. The van der Waals surface area contributed by atoms with Gasteiger partial charge in [-0.1, -0.05) is 81.8 Å². The summed E-state index contributed by atoms with van der Waals surface area (Å²) in [6.45, 7) is 17.9. The lowest BCUT2D eigenvalue weighted by Crippen LogP contribution is -2.32. The van der Waals surface area contributed by atoms with Crippen molar-refractivity contribution in [2.24, 2.45) is 27.8 Å². The van der Waals surface area contributed by atoms with Gasteiger partial charge in [-0.2, -0.15) is 0 Å².